The average Bonchev–Trinajstić information content (AvgIpc) is 2.58. The minimum atomic E-state index is -4.17. The van der Waals surface area contributed by atoms with Crippen LogP contribution >= 0.6 is 0 Å². The summed E-state index contributed by atoms with van der Waals surface area (Å²) in [5.41, 5.74) is 8.10. The average molecular weight is 386 g/mol. The van der Waals surface area contributed by atoms with E-state index in [1.54, 1.807) is 19.2 Å². The van der Waals surface area contributed by atoms with Crippen LogP contribution in [0.1, 0.15) is 36.0 Å². The smallest absolute Gasteiger partial charge is 0.391 e. The van der Waals surface area contributed by atoms with Crippen molar-refractivity contribution < 1.29 is 23.1 Å². The van der Waals surface area contributed by atoms with E-state index in [-0.39, 0.29) is 24.8 Å². The third-order valence-corrected chi connectivity index (χ3v) is 5.41. The van der Waals surface area contributed by atoms with Crippen LogP contribution in [0.15, 0.2) is 12.1 Å². The lowest BCUT2D eigenvalue weighted by Gasteiger charge is -2.39. The summed E-state index contributed by atoms with van der Waals surface area (Å²) in [6.45, 7) is 0.841. The Bertz CT molecular complexity index is 697. The molecule has 0 unspecified atom stereocenters. The Kier molecular flexibility index (Phi) is 5.41. The molecule has 3 rings (SSSR count). The van der Waals surface area contributed by atoms with Gasteiger partial charge in [-0.25, -0.2) is 0 Å². The Morgan fingerprint density at radius 1 is 1.22 bits per heavy atom. The van der Waals surface area contributed by atoms with E-state index in [4.69, 9.17) is 5.73 Å². The van der Waals surface area contributed by atoms with Gasteiger partial charge in [-0.2, -0.15) is 13.2 Å². The van der Waals surface area contributed by atoms with Crippen LogP contribution in [0.25, 0.3) is 0 Å². The number of carbonyl (C=O) groups excluding carboxylic acids is 1. The number of β-amino-alcohol motifs (C(OH)–C–C–N with tert-alkyl or cyclic N) is 1. The molecule has 1 aromatic carbocycles. The molecule has 0 spiro atoms. The number of hydrogen-bond acceptors (Lipinski definition) is 5. The third-order valence-electron chi connectivity index (χ3n) is 5.41. The highest BCUT2D eigenvalue weighted by Crippen LogP contribution is 2.38. The fourth-order valence-electron chi connectivity index (χ4n) is 3.75. The van der Waals surface area contributed by atoms with E-state index in [1.165, 1.54) is 0 Å². The Morgan fingerprint density at radius 3 is 2.37 bits per heavy atom. The number of anilines is 3. The standard InChI is InChI=1S/C18H25F3N4O2/c1-23-15-7-16(25-8-12(26)9-25)13(6-14(15)22)17(27)24-11-4-2-10(3-5-11)18(19,20)21/h6-7,10-12,23,26H,2-5,8-9,22H2,1H3,(H,24,27)/t10-,11-. The van der Waals surface area contributed by atoms with Gasteiger partial charge in [0.25, 0.3) is 5.91 Å². The van der Waals surface area contributed by atoms with Crippen LogP contribution in [0.2, 0.25) is 0 Å². The van der Waals surface area contributed by atoms with Gasteiger partial charge < -0.3 is 26.4 Å². The number of alkyl halides is 3. The first-order chi connectivity index (χ1) is 12.7. The van der Waals surface area contributed by atoms with Crippen molar-refractivity contribution in [3.8, 4) is 0 Å². The Hall–Kier alpha value is -2.16. The van der Waals surface area contributed by atoms with Crippen molar-refractivity contribution in [2.24, 2.45) is 5.92 Å². The number of benzene rings is 1. The van der Waals surface area contributed by atoms with Crippen LogP contribution < -0.4 is 21.3 Å². The maximum Gasteiger partial charge on any atom is 0.391 e. The van der Waals surface area contributed by atoms with Crippen molar-refractivity contribution in [3.63, 3.8) is 0 Å². The molecule has 1 amide bonds. The lowest BCUT2D eigenvalue weighted by molar-refractivity contribution is -0.182. The largest absolute Gasteiger partial charge is 0.397 e. The van der Waals surface area contributed by atoms with E-state index in [1.807, 2.05) is 4.90 Å². The number of nitrogens with zero attached hydrogens (tertiary/aromatic N) is 1. The molecule has 1 aliphatic heterocycles. The molecule has 0 atom stereocenters. The molecular weight excluding hydrogens is 361 g/mol. The molecule has 0 aromatic heterocycles. The molecule has 6 nitrogen and oxygen atoms in total. The van der Waals surface area contributed by atoms with Crippen molar-refractivity contribution in [3.05, 3.63) is 17.7 Å². The Labute approximate surface area is 155 Å². The second-order valence-electron chi connectivity index (χ2n) is 7.33. The third kappa shape index (κ3) is 4.23. The quantitative estimate of drug-likeness (QED) is 0.597. The Morgan fingerprint density at radius 2 is 1.85 bits per heavy atom. The summed E-state index contributed by atoms with van der Waals surface area (Å²) >= 11 is 0. The summed E-state index contributed by atoms with van der Waals surface area (Å²) in [5.74, 6) is -1.63. The molecule has 1 aliphatic carbocycles. The van der Waals surface area contributed by atoms with Crippen LogP contribution in [-0.4, -0.2) is 49.5 Å². The van der Waals surface area contributed by atoms with Crippen LogP contribution in [-0.2, 0) is 0 Å². The summed E-state index contributed by atoms with van der Waals surface area (Å²) in [6.07, 6.45) is -3.94. The summed E-state index contributed by atoms with van der Waals surface area (Å²) < 4.78 is 38.4. The minimum absolute atomic E-state index is 0.0282. The second-order valence-corrected chi connectivity index (χ2v) is 7.33. The molecule has 0 radical (unpaired) electrons. The van der Waals surface area contributed by atoms with Gasteiger partial charge in [-0.05, 0) is 37.8 Å². The minimum Gasteiger partial charge on any atom is -0.397 e. The zero-order valence-electron chi connectivity index (χ0n) is 15.1. The first kappa shape index (κ1) is 19.6. The first-order valence-corrected chi connectivity index (χ1v) is 9.11. The number of rotatable bonds is 4. The number of aliphatic hydroxyl groups is 1. The van der Waals surface area contributed by atoms with E-state index in [9.17, 15) is 23.1 Å². The molecule has 1 saturated heterocycles. The summed E-state index contributed by atoms with van der Waals surface area (Å²) in [5, 5.41) is 15.4. The van der Waals surface area contributed by atoms with Crippen molar-refractivity contribution in [1.29, 1.82) is 0 Å². The normalized spacial score (nSPS) is 23.7. The molecule has 2 fully saturated rings. The predicted octanol–water partition coefficient (Wildman–Crippen LogP) is 2.34. The SMILES string of the molecule is CNc1cc(N2CC(O)C2)c(C(=O)N[C@H]2CC[C@H](C(F)(F)F)CC2)cc1N. The molecule has 9 heteroatoms. The fraction of sp³-hybridized carbons (Fsp3) is 0.611. The van der Waals surface area contributed by atoms with Crippen molar-refractivity contribution >= 4 is 23.0 Å². The van der Waals surface area contributed by atoms with Gasteiger partial charge in [0.05, 0.1) is 34.6 Å². The molecule has 5 N–H and O–H groups in total. The summed E-state index contributed by atoms with van der Waals surface area (Å²) in [7, 11) is 1.72. The molecule has 27 heavy (non-hydrogen) atoms. The predicted molar refractivity (Wildman–Crippen MR) is 97.9 cm³/mol. The molecule has 2 aliphatic rings. The zero-order chi connectivity index (χ0) is 19.8. The molecule has 0 bridgehead atoms. The van der Waals surface area contributed by atoms with Crippen LogP contribution in [0, 0.1) is 5.92 Å². The van der Waals surface area contributed by atoms with Gasteiger partial charge in [0.2, 0.25) is 0 Å². The lowest BCUT2D eigenvalue weighted by Crippen LogP contribution is -2.51. The van der Waals surface area contributed by atoms with Crippen molar-refractivity contribution in [2.45, 2.75) is 44.0 Å². The van der Waals surface area contributed by atoms with Crippen LogP contribution in [0.3, 0.4) is 0 Å². The van der Waals surface area contributed by atoms with E-state index in [2.05, 4.69) is 10.6 Å². The van der Waals surface area contributed by atoms with Gasteiger partial charge in [0.1, 0.15) is 0 Å². The monoisotopic (exact) mass is 386 g/mol. The van der Waals surface area contributed by atoms with Crippen LogP contribution in [0.5, 0.6) is 0 Å². The molecule has 1 saturated carbocycles. The number of nitrogens with one attached hydrogen (secondary N) is 2. The fourth-order valence-corrected chi connectivity index (χ4v) is 3.75. The molecule has 1 heterocycles. The van der Waals surface area contributed by atoms with Gasteiger partial charge in [0, 0.05) is 26.2 Å². The number of nitrogens with two attached hydrogens (primary N) is 1. The van der Waals surface area contributed by atoms with Gasteiger partial charge in [-0.1, -0.05) is 0 Å². The summed E-state index contributed by atoms with van der Waals surface area (Å²) in [4.78, 5) is 14.7. The summed E-state index contributed by atoms with van der Waals surface area (Å²) in [6, 6.07) is 3.05. The molecule has 1 aromatic rings. The van der Waals surface area contributed by atoms with Gasteiger partial charge >= 0.3 is 6.18 Å². The number of halogens is 3. The maximum atomic E-state index is 12.8. The topological polar surface area (TPSA) is 90.6 Å². The molecular formula is C18H25F3N4O2. The van der Waals surface area contributed by atoms with Crippen molar-refractivity contribution in [2.75, 3.05) is 36.1 Å². The highest BCUT2D eigenvalue weighted by molar-refractivity contribution is 6.02. The number of carbonyl (C=O) groups is 1. The Balaban J connectivity index is 1.72. The second kappa shape index (κ2) is 7.46. The number of aliphatic hydroxyl groups excluding tert-OH is 1. The van der Waals surface area contributed by atoms with Crippen molar-refractivity contribution in [1.82, 2.24) is 5.32 Å². The zero-order valence-corrected chi connectivity index (χ0v) is 15.1. The lowest BCUT2D eigenvalue weighted by atomic mass is 9.85. The van der Waals surface area contributed by atoms with Crippen LogP contribution in [0.4, 0.5) is 30.2 Å². The highest BCUT2D eigenvalue weighted by atomic mass is 19.4. The number of nitrogen functional groups attached to an aromatic ring is 1. The first-order valence-electron chi connectivity index (χ1n) is 9.11. The van der Waals surface area contributed by atoms with Gasteiger partial charge in [-0.3, -0.25) is 4.79 Å². The maximum absolute atomic E-state index is 12.8. The van der Waals surface area contributed by atoms with E-state index in [0.29, 0.717) is 48.6 Å². The van der Waals surface area contributed by atoms with E-state index >= 15 is 0 Å². The number of hydrogen-bond donors (Lipinski definition) is 4. The highest BCUT2D eigenvalue weighted by Gasteiger charge is 2.41. The molecule has 150 valence electrons. The number of amides is 1. The van der Waals surface area contributed by atoms with E-state index in [0.717, 1.165) is 0 Å². The van der Waals surface area contributed by atoms with Gasteiger partial charge in [-0.15, -0.1) is 0 Å². The van der Waals surface area contributed by atoms with E-state index < -0.39 is 18.2 Å². The van der Waals surface area contributed by atoms with Gasteiger partial charge in [0.15, 0.2) is 0 Å².